The minimum atomic E-state index is -1.14. The lowest BCUT2D eigenvalue weighted by molar-refractivity contribution is -0.132. The topological polar surface area (TPSA) is 97.1 Å². The predicted octanol–water partition coefficient (Wildman–Crippen LogP) is 6.40. The number of Topliss-reactive ketones (excluding diaryl/α,β-unsaturated/α-hetero) is 1. The molecule has 1 aliphatic heterocycles. The number of unbranched alkanes of at least 4 members (excludes halogenated alkanes) is 3. The third-order valence-corrected chi connectivity index (χ3v) is 7.50. The van der Waals surface area contributed by atoms with Crippen LogP contribution < -0.4 is 0 Å². The number of hydrogen-bond donors (Lipinski definition) is 1. The molecule has 0 spiro atoms. The summed E-state index contributed by atoms with van der Waals surface area (Å²) in [6.07, 6.45) is 3.52. The van der Waals surface area contributed by atoms with E-state index in [-0.39, 0.29) is 31.3 Å². The zero-order valence-electron chi connectivity index (χ0n) is 23.6. The molecule has 4 rings (SSSR count). The standard InChI is InChI=1S/C33H39NO6/c1-22(2)28-21-39-33(38)34(28)32(37)27(19-24-13-7-6-8-14-24)31(36)30-20-26(25-15-11-12-23(3)18-25)29(40-30)16-9-4-5-10-17-35/h6-8,11-15,18,20,22,27-28,35H,4-5,9-10,16-17,19,21H2,1-3H3/t27-,28+/m1/s1. The highest BCUT2D eigenvalue weighted by Crippen LogP contribution is 2.32. The van der Waals surface area contributed by atoms with E-state index in [2.05, 4.69) is 6.07 Å². The first-order chi connectivity index (χ1) is 19.3. The van der Waals surface area contributed by atoms with Gasteiger partial charge in [-0.2, -0.15) is 0 Å². The predicted molar refractivity (Wildman–Crippen MR) is 153 cm³/mol. The summed E-state index contributed by atoms with van der Waals surface area (Å²) in [4.78, 5) is 41.8. The number of nitrogens with zero attached hydrogens (tertiary/aromatic N) is 1. The molecule has 1 saturated heterocycles. The zero-order valence-corrected chi connectivity index (χ0v) is 23.6. The second-order valence-electron chi connectivity index (χ2n) is 10.9. The van der Waals surface area contributed by atoms with Crippen LogP contribution in [-0.2, 0) is 22.4 Å². The van der Waals surface area contributed by atoms with E-state index in [0.29, 0.717) is 12.2 Å². The summed E-state index contributed by atoms with van der Waals surface area (Å²) in [7, 11) is 0. The molecule has 0 unspecified atom stereocenters. The molecule has 40 heavy (non-hydrogen) atoms. The summed E-state index contributed by atoms with van der Waals surface area (Å²) in [6.45, 7) is 6.15. The zero-order chi connectivity index (χ0) is 28.6. The van der Waals surface area contributed by atoms with Crippen LogP contribution in [-0.4, -0.2) is 47.0 Å². The van der Waals surface area contributed by atoms with Gasteiger partial charge in [-0.1, -0.05) is 86.8 Å². The van der Waals surface area contributed by atoms with Crippen LogP contribution in [0.4, 0.5) is 4.79 Å². The van der Waals surface area contributed by atoms with E-state index in [4.69, 9.17) is 14.3 Å². The number of cyclic esters (lactones) is 1. The molecule has 0 bridgehead atoms. The third-order valence-electron chi connectivity index (χ3n) is 7.50. The van der Waals surface area contributed by atoms with Crippen molar-refractivity contribution in [3.8, 4) is 11.1 Å². The quantitative estimate of drug-likeness (QED) is 0.152. The number of benzene rings is 2. The lowest BCUT2D eigenvalue weighted by Crippen LogP contribution is -2.47. The van der Waals surface area contributed by atoms with Gasteiger partial charge >= 0.3 is 6.09 Å². The number of hydrogen-bond acceptors (Lipinski definition) is 6. The molecule has 0 radical (unpaired) electrons. The molecule has 2 amide bonds. The Morgan fingerprint density at radius 1 is 1.00 bits per heavy atom. The molecule has 7 heteroatoms. The highest BCUT2D eigenvalue weighted by Gasteiger charge is 2.44. The average molecular weight is 546 g/mol. The molecule has 1 aromatic heterocycles. The Bertz CT molecular complexity index is 1310. The molecule has 2 aromatic carbocycles. The molecule has 1 fully saturated rings. The molecule has 212 valence electrons. The number of aliphatic hydroxyl groups is 1. The second-order valence-corrected chi connectivity index (χ2v) is 10.9. The highest BCUT2D eigenvalue weighted by molar-refractivity contribution is 6.12. The van der Waals surface area contributed by atoms with E-state index in [1.165, 1.54) is 0 Å². The first-order valence-electron chi connectivity index (χ1n) is 14.2. The maximum Gasteiger partial charge on any atom is 0.417 e. The van der Waals surface area contributed by atoms with E-state index in [1.807, 2.05) is 69.3 Å². The Morgan fingerprint density at radius 3 is 2.45 bits per heavy atom. The lowest BCUT2D eigenvalue weighted by Gasteiger charge is -2.26. The maximum atomic E-state index is 14.1. The summed E-state index contributed by atoms with van der Waals surface area (Å²) in [5, 5.41) is 9.09. The van der Waals surface area contributed by atoms with Gasteiger partial charge in [0.05, 0.1) is 6.04 Å². The van der Waals surface area contributed by atoms with Crippen molar-refractivity contribution in [1.82, 2.24) is 4.90 Å². The molecule has 2 atom stereocenters. The van der Waals surface area contributed by atoms with Crippen molar-refractivity contribution < 1.29 is 28.6 Å². The monoisotopic (exact) mass is 545 g/mol. The Hall–Kier alpha value is -3.71. The summed E-state index contributed by atoms with van der Waals surface area (Å²) in [5.41, 5.74) is 3.69. The smallest absolute Gasteiger partial charge is 0.417 e. The average Bonchev–Trinajstić information content (AvgIpc) is 3.55. The molecule has 7 nitrogen and oxygen atoms in total. The molecule has 1 N–H and O–H groups in total. The van der Waals surface area contributed by atoms with Gasteiger partial charge in [0.1, 0.15) is 18.3 Å². The number of aryl methyl sites for hydroxylation is 2. The summed E-state index contributed by atoms with van der Waals surface area (Å²) >= 11 is 0. The number of ether oxygens (including phenoxy) is 1. The first kappa shape index (κ1) is 29.3. The first-order valence-corrected chi connectivity index (χ1v) is 14.2. The van der Waals surface area contributed by atoms with Crippen molar-refractivity contribution >= 4 is 17.8 Å². The summed E-state index contributed by atoms with van der Waals surface area (Å²) in [5.74, 6) is -1.35. The van der Waals surface area contributed by atoms with Crippen molar-refractivity contribution in [2.45, 2.75) is 65.3 Å². The van der Waals surface area contributed by atoms with Crippen LogP contribution in [0, 0.1) is 18.8 Å². The number of amides is 2. The van der Waals surface area contributed by atoms with Gasteiger partial charge in [0.2, 0.25) is 11.7 Å². The fraction of sp³-hybridized carbons (Fsp3) is 0.424. The minimum absolute atomic E-state index is 0.0168. The van der Waals surface area contributed by atoms with Crippen molar-refractivity contribution in [3.63, 3.8) is 0 Å². The minimum Gasteiger partial charge on any atom is -0.457 e. The Labute approximate surface area is 236 Å². The van der Waals surface area contributed by atoms with Crippen LogP contribution in [0.3, 0.4) is 0 Å². The van der Waals surface area contributed by atoms with Gasteiger partial charge < -0.3 is 14.3 Å². The fourth-order valence-corrected chi connectivity index (χ4v) is 5.21. The van der Waals surface area contributed by atoms with Crippen LogP contribution >= 0.6 is 0 Å². The van der Waals surface area contributed by atoms with Crippen molar-refractivity contribution in [2.75, 3.05) is 13.2 Å². The van der Waals surface area contributed by atoms with Gasteiger partial charge in [0, 0.05) is 18.6 Å². The van der Waals surface area contributed by atoms with E-state index in [9.17, 15) is 14.4 Å². The van der Waals surface area contributed by atoms with Gasteiger partial charge in [-0.25, -0.2) is 9.69 Å². The summed E-state index contributed by atoms with van der Waals surface area (Å²) < 4.78 is 11.5. The van der Waals surface area contributed by atoms with Crippen LogP contribution in [0.25, 0.3) is 11.1 Å². The van der Waals surface area contributed by atoms with E-state index in [1.54, 1.807) is 6.07 Å². The van der Waals surface area contributed by atoms with Gasteiger partial charge in [-0.05, 0) is 49.3 Å². The van der Waals surface area contributed by atoms with E-state index in [0.717, 1.165) is 52.8 Å². The highest BCUT2D eigenvalue weighted by atomic mass is 16.6. The molecular formula is C33H39NO6. The fourth-order valence-electron chi connectivity index (χ4n) is 5.21. The van der Waals surface area contributed by atoms with E-state index < -0.39 is 29.7 Å². The van der Waals surface area contributed by atoms with Crippen LogP contribution in [0.1, 0.15) is 67.0 Å². The van der Waals surface area contributed by atoms with Crippen LogP contribution in [0.2, 0.25) is 0 Å². The van der Waals surface area contributed by atoms with Crippen LogP contribution in [0.5, 0.6) is 0 Å². The Balaban J connectivity index is 1.69. The molecular weight excluding hydrogens is 506 g/mol. The Morgan fingerprint density at radius 2 is 1.75 bits per heavy atom. The lowest BCUT2D eigenvalue weighted by atomic mass is 9.91. The number of ketones is 1. The van der Waals surface area contributed by atoms with Gasteiger partial charge in [0.15, 0.2) is 5.76 Å². The maximum absolute atomic E-state index is 14.1. The number of carbonyl (C=O) groups is 3. The van der Waals surface area contributed by atoms with Crippen molar-refractivity contribution in [2.24, 2.45) is 11.8 Å². The van der Waals surface area contributed by atoms with Gasteiger partial charge in [0.25, 0.3) is 0 Å². The van der Waals surface area contributed by atoms with Crippen molar-refractivity contribution in [3.05, 3.63) is 83.3 Å². The van der Waals surface area contributed by atoms with Gasteiger partial charge in [-0.3, -0.25) is 9.59 Å². The molecule has 2 heterocycles. The second kappa shape index (κ2) is 13.6. The largest absolute Gasteiger partial charge is 0.457 e. The Kier molecular flexibility index (Phi) is 9.93. The number of aliphatic hydroxyl groups excluding tert-OH is 1. The molecule has 0 aliphatic carbocycles. The summed E-state index contributed by atoms with van der Waals surface area (Å²) in [6, 6.07) is 18.7. The molecule has 0 saturated carbocycles. The van der Waals surface area contributed by atoms with Gasteiger partial charge in [-0.15, -0.1) is 0 Å². The SMILES string of the molecule is Cc1cccc(-c2cc(C(=O)[C@@H](Cc3ccccc3)C(=O)N3C(=O)OC[C@H]3C(C)C)oc2CCCCCCO)c1. The number of rotatable bonds is 13. The van der Waals surface area contributed by atoms with Crippen LogP contribution in [0.15, 0.2) is 65.1 Å². The van der Waals surface area contributed by atoms with E-state index >= 15 is 0 Å². The third kappa shape index (κ3) is 6.89. The molecule has 3 aromatic rings. The number of imide groups is 1. The molecule has 1 aliphatic rings. The normalized spacial score (nSPS) is 15.9. The van der Waals surface area contributed by atoms with Crippen molar-refractivity contribution in [1.29, 1.82) is 0 Å². The number of carbonyl (C=O) groups excluding carboxylic acids is 3. The number of furan rings is 1.